The molecule has 0 saturated heterocycles. The van der Waals surface area contributed by atoms with Gasteiger partial charge in [-0.15, -0.1) is 0 Å². The first kappa shape index (κ1) is 21.6. The van der Waals surface area contributed by atoms with Crippen LogP contribution in [0.15, 0.2) is 48.5 Å². The van der Waals surface area contributed by atoms with Crippen LogP contribution in [-0.2, 0) is 17.8 Å². The average Bonchev–Trinajstić information content (AvgIpc) is 2.61. The van der Waals surface area contributed by atoms with E-state index >= 15 is 0 Å². The van der Waals surface area contributed by atoms with Gasteiger partial charge in [0.2, 0.25) is 0 Å². The number of carbonyl (C=O) groups is 2. The third kappa shape index (κ3) is 7.12. The van der Waals surface area contributed by atoms with Gasteiger partial charge in [-0.3, -0.25) is 0 Å². The van der Waals surface area contributed by atoms with E-state index in [2.05, 4.69) is 10.6 Å². The number of urea groups is 1. The number of carbonyl (C=O) groups excluding carboxylic acids is 2. The van der Waals surface area contributed by atoms with Gasteiger partial charge in [0.05, 0.1) is 6.54 Å². The Bertz CT molecular complexity index is 816. The molecule has 0 atom stereocenters. The van der Waals surface area contributed by atoms with Gasteiger partial charge in [0, 0.05) is 24.3 Å². The van der Waals surface area contributed by atoms with Gasteiger partial charge in [-0.05, 0) is 50.1 Å². The monoisotopic (exact) mass is 403 g/mol. The van der Waals surface area contributed by atoms with E-state index in [0.29, 0.717) is 23.8 Å². The molecule has 0 unspecified atom stereocenters. The summed E-state index contributed by atoms with van der Waals surface area (Å²) in [5.74, 6) is 0. The number of rotatable bonds is 5. The number of amides is 3. The van der Waals surface area contributed by atoms with Crippen LogP contribution >= 0.6 is 11.6 Å². The molecular formula is C21H26ClN3O3. The van der Waals surface area contributed by atoms with Crippen molar-refractivity contribution in [3.05, 3.63) is 64.7 Å². The number of nitrogens with zero attached hydrogens (tertiary/aromatic N) is 1. The lowest BCUT2D eigenvalue weighted by Crippen LogP contribution is -2.34. The van der Waals surface area contributed by atoms with E-state index in [1.54, 1.807) is 25.2 Å². The molecule has 0 aromatic heterocycles. The molecule has 0 bridgehead atoms. The minimum atomic E-state index is -0.565. The molecule has 2 N–H and O–H groups in total. The molecule has 0 spiro atoms. The van der Waals surface area contributed by atoms with Gasteiger partial charge in [0.25, 0.3) is 0 Å². The van der Waals surface area contributed by atoms with Gasteiger partial charge in [0.15, 0.2) is 0 Å². The van der Waals surface area contributed by atoms with Crippen LogP contribution in [0.4, 0.5) is 15.3 Å². The maximum atomic E-state index is 12.3. The normalized spacial score (nSPS) is 10.9. The average molecular weight is 404 g/mol. The molecular weight excluding hydrogens is 378 g/mol. The summed E-state index contributed by atoms with van der Waals surface area (Å²) in [7, 11) is 1.66. The van der Waals surface area contributed by atoms with Crippen molar-refractivity contribution >= 4 is 29.4 Å². The predicted molar refractivity (Wildman–Crippen MR) is 111 cm³/mol. The van der Waals surface area contributed by atoms with Crippen LogP contribution in [0.5, 0.6) is 0 Å². The van der Waals surface area contributed by atoms with Crippen molar-refractivity contribution in [1.82, 2.24) is 10.2 Å². The molecule has 2 aromatic carbocycles. The molecule has 2 aromatic rings. The van der Waals surface area contributed by atoms with Gasteiger partial charge in [-0.25, -0.2) is 9.59 Å². The summed E-state index contributed by atoms with van der Waals surface area (Å²) < 4.78 is 5.37. The van der Waals surface area contributed by atoms with Crippen LogP contribution in [0.1, 0.15) is 31.9 Å². The number of hydrogen-bond donors (Lipinski definition) is 2. The minimum Gasteiger partial charge on any atom is -0.444 e. The van der Waals surface area contributed by atoms with Crippen LogP contribution < -0.4 is 10.6 Å². The molecule has 3 amide bonds. The fourth-order valence-electron chi connectivity index (χ4n) is 2.39. The Morgan fingerprint density at radius 1 is 1.07 bits per heavy atom. The molecule has 0 aliphatic carbocycles. The summed E-state index contributed by atoms with van der Waals surface area (Å²) >= 11 is 5.86. The molecule has 6 nitrogen and oxygen atoms in total. The standard InChI is InChI=1S/C21H26ClN3O3/c1-21(2,3)28-20(27)25(4)14-16-7-5-6-8-18(16)24-19(26)23-13-15-9-11-17(22)12-10-15/h5-12H,13-14H2,1-4H3,(H2,23,24,26). The second-order valence-corrected chi connectivity index (χ2v) is 7.86. The largest absolute Gasteiger partial charge is 0.444 e. The van der Waals surface area contributed by atoms with Crippen LogP contribution in [0.2, 0.25) is 5.02 Å². The van der Waals surface area contributed by atoms with Crippen molar-refractivity contribution in [2.45, 2.75) is 39.5 Å². The van der Waals surface area contributed by atoms with E-state index in [1.165, 1.54) is 4.90 Å². The van der Waals surface area contributed by atoms with Gasteiger partial charge < -0.3 is 20.3 Å². The highest BCUT2D eigenvalue weighted by molar-refractivity contribution is 6.30. The van der Waals surface area contributed by atoms with E-state index < -0.39 is 11.7 Å². The van der Waals surface area contributed by atoms with Crippen molar-refractivity contribution in [2.24, 2.45) is 0 Å². The van der Waals surface area contributed by atoms with Crippen molar-refractivity contribution in [3.8, 4) is 0 Å². The molecule has 0 aliphatic heterocycles. The number of hydrogen-bond acceptors (Lipinski definition) is 3. The smallest absolute Gasteiger partial charge is 0.410 e. The Labute approximate surface area is 170 Å². The van der Waals surface area contributed by atoms with E-state index in [9.17, 15) is 9.59 Å². The second kappa shape index (κ2) is 9.46. The first-order valence-electron chi connectivity index (χ1n) is 8.95. The van der Waals surface area contributed by atoms with Crippen molar-refractivity contribution < 1.29 is 14.3 Å². The molecule has 0 heterocycles. The Kier molecular flexibility index (Phi) is 7.29. The number of anilines is 1. The molecule has 7 heteroatoms. The third-order valence-corrected chi connectivity index (χ3v) is 4.00. The summed E-state index contributed by atoms with van der Waals surface area (Å²) in [6.07, 6.45) is -0.422. The number of benzene rings is 2. The lowest BCUT2D eigenvalue weighted by molar-refractivity contribution is 0.0285. The lowest BCUT2D eigenvalue weighted by Gasteiger charge is -2.25. The maximum absolute atomic E-state index is 12.3. The van der Waals surface area contributed by atoms with Crippen LogP contribution in [0, 0.1) is 0 Å². The summed E-state index contributed by atoms with van der Waals surface area (Å²) in [4.78, 5) is 25.9. The van der Waals surface area contributed by atoms with E-state index in [-0.39, 0.29) is 6.03 Å². The fraction of sp³-hybridized carbons (Fsp3) is 0.333. The lowest BCUT2D eigenvalue weighted by atomic mass is 10.1. The molecule has 2 rings (SSSR count). The molecule has 150 valence electrons. The Hall–Kier alpha value is -2.73. The van der Waals surface area contributed by atoms with E-state index in [4.69, 9.17) is 16.3 Å². The zero-order valence-corrected chi connectivity index (χ0v) is 17.3. The van der Waals surface area contributed by atoms with Crippen molar-refractivity contribution in [2.75, 3.05) is 12.4 Å². The molecule has 0 radical (unpaired) electrons. The van der Waals surface area contributed by atoms with Gasteiger partial charge in [-0.2, -0.15) is 0 Å². The topological polar surface area (TPSA) is 70.7 Å². The highest BCUT2D eigenvalue weighted by atomic mass is 35.5. The molecule has 28 heavy (non-hydrogen) atoms. The third-order valence-electron chi connectivity index (χ3n) is 3.74. The van der Waals surface area contributed by atoms with Gasteiger partial charge in [-0.1, -0.05) is 41.9 Å². The van der Waals surface area contributed by atoms with E-state index in [0.717, 1.165) is 11.1 Å². The number of ether oxygens (including phenoxy) is 1. The van der Waals surface area contributed by atoms with Crippen molar-refractivity contribution in [1.29, 1.82) is 0 Å². The summed E-state index contributed by atoms with van der Waals surface area (Å²) in [5, 5.41) is 6.28. The highest BCUT2D eigenvalue weighted by Crippen LogP contribution is 2.18. The van der Waals surface area contributed by atoms with Gasteiger partial charge in [0.1, 0.15) is 5.60 Å². The SMILES string of the molecule is CN(Cc1ccccc1NC(=O)NCc1ccc(Cl)cc1)C(=O)OC(C)(C)C. The summed E-state index contributed by atoms with van der Waals surface area (Å²) in [6.45, 7) is 6.14. The zero-order valence-electron chi connectivity index (χ0n) is 16.6. The van der Waals surface area contributed by atoms with Crippen molar-refractivity contribution in [3.63, 3.8) is 0 Å². The summed E-state index contributed by atoms with van der Waals surface area (Å²) in [5.41, 5.74) is 1.81. The number of nitrogens with one attached hydrogen (secondary N) is 2. The fourth-order valence-corrected chi connectivity index (χ4v) is 2.52. The molecule has 0 aliphatic rings. The predicted octanol–water partition coefficient (Wildman–Crippen LogP) is 5.03. The first-order chi connectivity index (χ1) is 13.1. The Balaban J connectivity index is 1.96. The molecule has 0 saturated carbocycles. The number of halogens is 1. The second-order valence-electron chi connectivity index (χ2n) is 7.43. The van der Waals surface area contributed by atoms with Gasteiger partial charge >= 0.3 is 12.1 Å². The van der Waals surface area contributed by atoms with Crippen LogP contribution in [-0.4, -0.2) is 29.7 Å². The Morgan fingerprint density at radius 3 is 2.36 bits per heavy atom. The first-order valence-corrected chi connectivity index (χ1v) is 9.33. The quantitative estimate of drug-likeness (QED) is 0.735. The maximum Gasteiger partial charge on any atom is 0.410 e. The van der Waals surface area contributed by atoms with Crippen LogP contribution in [0.3, 0.4) is 0 Å². The zero-order chi connectivity index (χ0) is 20.7. The highest BCUT2D eigenvalue weighted by Gasteiger charge is 2.20. The summed E-state index contributed by atoms with van der Waals surface area (Å²) in [6, 6.07) is 14.3. The van der Waals surface area contributed by atoms with E-state index in [1.807, 2.05) is 51.1 Å². The van der Waals surface area contributed by atoms with Crippen LogP contribution in [0.25, 0.3) is 0 Å². The number of para-hydroxylation sites is 1. The molecule has 0 fully saturated rings. The minimum absolute atomic E-state index is 0.308. The Morgan fingerprint density at radius 2 is 1.71 bits per heavy atom.